The summed E-state index contributed by atoms with van der Waals surface area (Å²) >= 11 is 0. The molecule has 54 heavy (non-hydrogen) atoms. The van der Waals surface area contributed by atoms with Crippen LogP contribution in [0.1, 0.15) is 52.7 Å². The molecule has 9 aromatic rings. The van der Waals surface area contributed by atoms with Crippen LogP contribution in [0.4, 0.5) is 17.1 Å². The van der Waals surface area contributed by atoms with Gasteiger partial charge in [-0.1, -0.05) is 126 Å². The third kappa shape index (κ3) is 5.23. The Balaban J connectivity index is 1.09. The molecule has 1 aromatic heterocycles. The van der Waals surface area contributed by atoms with E-state index in [9.17, 15) is 0 Å². The molecule has 0 spiro atoms. The first-order valence-electron chi connectivity index (χ1n) is 19.1. The van der Waals surface area contributed by atoms with E-state index in [0.29, 0.717) is 0 Å². The standard InChI is InChI=1S/C52H43NO/c1-51(2,3)38-22-19-32(20-23-38)33-17-18-34-27-44-45-28-35-21-24-41(26-37(35)30-47(45)46(44)29-36(34)25-33)53(40-12-9-11-39(31-40)52(4,5)6)48-15-10-14-43-42-13-7-8-16-49(42)54-50(43)48/h7-31H,1-6H3. The van der Waals surface area contributed by atoms with Gasteiger partial charge in [0, 0.05) is 22.1 Å². The SMILES string of the molecule is CC(C)(C)c1ccc(-c2ccc3cc4c(cc3c2)-c2cc3cc(N(c5cccc(C(C)(C)C)c5)c5cccc6c5oc5ccccc56)ccc3cc2-4)cc1. The second-order valence-electron chi connectivity index (χ2n) is 17.1. The lowest BCUT2D eigenvalue weighted by molar-refractivity contribution is 0.590. The topological polar surface area (TPSA) is 16.4 Å². The second-order valence-corrected chi connectivity index (χ2v) is 17.1. The van der Waals surface area contributed by atoms with E-state index in [4.69, 9.17) is 4.42 Å². The number of benzene rings is 8. The zero-order valence-corrected chi connectivity index (χ0v) is 31.8. The molecule has 10 rings (SSSR count). The fourth-order valence-corrected chi connectivity index (χ4v) is 8.34. The average Bonchev–Trinajstić information content (AvgIpc) is 3.56. The highest BCUT2D eigenvalue weighted by Gasteiger charge is 2.26. The maximum absolute atomic E-state index is 6.62. The van der Waals surface area contributed by atoms with E-state index in [0.717, 1.165) is 39.0 Å². The highest BCUT2D eigenvalue weighted by Crippen LogP contribution is 2.51. The normalized spacial score (nSPS) is 12.6. The molecular weight excluding hydrogens is 655 g/mol. The minimum atomic E-state index is 0.00789. The lowest BCUT2D eigenvalue weighted by atomic mass is 9.77. The number of anilines is 3. The second kappa shape index (κ2) is 11.7. The summed E-state index contributed by atoms with van der Waals surface area (Å²) in [5.41, 5.74) is 15.6. The number of hydrogen-bond acceptors (Lipinski definition) is 2. The minimum absolute atomic E-state index is 0.00789. The van der Waals surface area contributed by atoms with Gasteiger partial charge in [-0.05, 0) is 144 Å². The highest BCUT2D eigenvalue weighted by molar-refractivity contribution is 6.13. The molecule has 2 nitrogen and oxygen atoms in total. The zero-order valence-electron chi connectivity index (χ0n) is 31.8. The first-order valence-corrected chi connectivity index (χ1v) is 19.1. The Morgan fingerprint density at radius 2 is 0.981 bits per heavy atom. The summed E-state index contributed by atoms with van der Waals surface area (Å²) in [5, 5.41) is 7.26. The van der Waals surface area contributed by atoms with Crippen LogP contribution in [0.3, 0.4) is 0 Å². The molecule has 262 valence electrons. The van der Waals surface area contributed by atoms with Crippen molar-refractivity contribution in [2.24, 2.45) is 0 Å². The van der Waals surface area contributed by atoms with Crippen LogP contribution in [0.25, 0.3) is 76.9 Å². The van der Waals surface area contributed by atoms with Crippen LogP contribution >= 0.6 is 0 Å². The number of rotatable bonds is 4. The van der Waals surface area contributed by atoms with Crippen LogP contribution in [0, 0.1) is 0 Å². The molecule has 0 N–H and O–H groups in total. The van der Waals surface area contributed by atoms with Gasteiger partial charge in [0.05, 0.1) is 5.69 Å². The molecule has 0 unspecified atom stereocenters. The monoisotopic (exact) mass is 697 g/mol. The maximum Gasteiger partial charge on any atom is 0.159 e. The maximum atomic E-state index is 6.62. The number of fused-ring (bicyclic) bond motifs is 9. The molecule has 0 saturated carbocycles. The van der Waals surface area contributed by atoms with Crippen LogP contribution in [0.2, 0.25) is 0 Å². The smallest absolute Gasteiger partial charge is 0.159 e. The van der Waals surface area contributed by atoms with Crippen LogP contribution in [0.5, 0.6) is 0 Å². The van der Waals surface area contributed by atoms with Gasteiger partial charge in [0.25, 0.3) is 0 Å². The van der Waals surface area contributed by atoms with Crippen LogP contribution in [-0.4, -0.2) is 0 Å². The van der Waals surface area contributed by atoms with Crippen molar-refractivity contribution < 1.29 is 4.42 Å². The van der Waals surface area contributed by atoms with Crippen LogP contribution in [-0.2, 0) is 10.8 Å². The summed E-state index contributed by atoms with van der Waals surface area (Å²) in [6.07, 6.45) is 0. The third-order valence-electron chi connectivity index (χ3n) is 11.5. The van der Waals surface area contributed by atoms with Crippen molar-refractivity contribution in [3.8, 4) is 33.4 Å². The van der Waals surface area contributed by atoms with Gasteiger partial charge in [0.15, 0.2) is 5.58 Å². The molecule has 1 aliphatic carbocycles. The van der Waals surface area contributed by atoms with Crippen LogP contribution in [0.15, 0.2) is 156 Å². The average molecular weight is 698 g/mol. The number of hydrogen-bond donors (Lipinski definition) is 0. The molecule has 1 heterocycles. The van der Waals surface area contributed by atoms with Gasteiger partial charge in [0.2, 0.25) is 0 Å². The van der Waals surface area contributed by atoms with Gasteiger partial charge in [-0.25, -0.2) is 0 Å². The van der Waals surface area contributed by atoms with Gasteiger partial charge >= 0.3 is 0 Å². The highest BCUT2D eigenvalue weighted by atomic mass is 16.3. The van der Waals surface area contributed by atoms with Crippen molar-refractivity contribution >= 4 is 60.5 Å². The van der Waals surface area contributed by atoms with E-state index in [1.165, 1.54) is 66.1 Å². The number of furan rings is 1. The minimum Gasteiger partial charge on any atom is -0.454 e. The molecule has 0 radical (unpaired) electrons. The summed E-state index contributed by atoms with van der Waals surface area (Å²) in [4.78, 5) is 2.37. The molecule has 1 aliphatic rings. The Morgan fingerprint density at radius 1 is 0.407 bits per heavy atom. The van der Waals surface area contributed by atoms with Crippen molar-refractivity contribution in [3.63, 3.8) is 0 Å². The summed E-state index contributed by atoms with van der Waals surface area (Å²) < 4.78 is 6.62. The zero-order chi connectivity index (χ0) is 36.9. The van der Waals surface area contributed by atoms with E-state index < -0.39 is 0 Å². The van der Waals surface area contributed by atoms with Crippen LogP contribution < -0.4 is 4.90 Å². The third-order valence-corrected chi connectivity index (χ3v) is 11.5. The van der Waals surface area contributed by atoms with E-state index in [1.807, 2.05) is 6.07 Å². The molecule has 8 aromatic carbocycles. The summed E-state index contributed by atoms with van der Waals surface area (Å²) in [7, 11) is 0. The van der Waals surface area contributed by atoms with Gasteiger partial charge in [0.1, 0.15) is 5.58 Å². The Hall–Kier alpha value is -6.12. The Bertz CT molecular complexity index is 2950. The number of nitrogens with zero attached hydrogens (tertiary/aromatic N) is 1. The number of para-hydroxylation sites is 2. The molecular formula is C52H43NO. The van der Waals surface area contributed by atoms with Crippen molar-refractivity contribution in [1.82, 2.24) is 0 Å². The molecule has 0 fully saturated rings. The van der Waals surface area contributed by atoms with E-state index in [-0.39, 0.29) is 10.8 Å². The van der Waals surface area contributed by atoms with Crippen molar-refractivity contribution in [2.75, 3.05) is 4.90 Å². The Kier molecular flexibility index (Phi) is 7.04. The first kappa shape index (κ1) is 32.5. The van der Waals surface area contributed by atoms with E-state index in [1.54, 1.807) is 0 Å². The van der Waals surface area contributed by atoms with Gasteiger partial charge in [-0.3, -0.25) is 0 Å². The van der Waals surface area contributed by atoms with Gasteiger partial charge in [-0.15, -0.1) is 0 Å². The van der Waals surface area contributed by atoms with E-state index in [2.05, 4.69) is 192 Å². The lowest BCUT2D eigenvalue weighted by Crippen LogP contribution is -2.14. The summed E-state index contributed by atoms with van der Waals surface area (Å²) in [6.45, 7) is 13.6. The fourth-order valence-electron chi connectivity index (χ4n) is 8.34. The van der Waals surface area contributed by atoms with Crippen molar-refractivity contribution in [2.45, 2.75) is 52.4 Å². The van der Waals surface area contributed by atoms with Crippen molar-refractivity contribution in [1.29, 1.82) is 0 Å². The largest absolute Gasteiger partial charge is 0.454 e. The predicted molar refractivity (Wildman–Crippen MR) is 231 cm³/mol. The molecule has 0 bridgehead atoms. The lowest BCUT2D eigenvalue weighted by Gasteiger charge is -2.29. The molecule has 0 atom stereocenters. The van der Waals surface area contributed by atoms with Gasteiger partial charge in [-0.2, -0.15) is 0 Å². The molecule has 0 amide bonds. The fraction of sp³-hybridized carbons (Fsp3) is 0.154. The van der Waals surface area contributed by atoms with Gasteiger partial charge < -0.3 is 9.32 Å². The van der Waals surface area contributed by atoms with Crippen molar-refractivity contribution in [3.05, 3.63) is 163 Å². The summed E-state index contributed by atoms with van der Waals surface area (Å²) in [6, 6.07) is 56.2. The molecule has 0 saturated heterocycles. The Morgan fingerprint density at radius 3 is 1.69 bits per heavy atom. The quantitative estimate of drug-likeness (QED) is 0.182. The summed E-state index contributed by atoms with van der Waals surface area (Å²) in [5.74, 6) is 0. The van der Waals surface area contributed by atoms with E-state index >= 15 is 0 Å². The first-order chi connectivity index (χ1) is 26.0. The molecule has 0 aliphatic heterocycles. The Labute approximate surface area is 317 Å². The molecule has 2 heteroatoms. The predicted octanol–water partition coefficient (Wildman–Crippen LogP) is 15.3.